The van der Waals surface area contributed by atoms with Crippen LogP contribution in [0.25, 0.3) is 11.0 Å². The SMILES string of the molecule is COc1ccc(CN2C(=O)c3oc4ccc(Br)cc4c(=O)c3C2c2ccc(Br)cc2)cc1. The molecule has 1 unspecified atom stereocenters. The van der Waals surface area contributed by atoms with Gasteiger partial charge in [0, 0.05) is 15.5 Å². The topological polar surface area (TPSA) is 59.8 Å². The van der Waals surface area contributed by atoms with Gasteiger partial charge >= 0.3 is 0 Å². The van der Waals surface area contributed by atoms with Gasteiger partial charge in [-0.3, -0.25) is 9.59 Å². The summed E-state index contributed by atoms with van der Waals surface area (Å²) in [7, 11) is 1.61. The zero-order valence-corrected chi connectivity index (χ0v) is 20.1. The fourth-order valence-corrected chi connectivity index (χ4v) is 4.70. The molecular weight excluding hydrogens is 538 g/mol. The molecular formula is C25H17Br2NO4. The second-order valence-electron chi connectivity index (χ2n) is 7.55. The van der Waals surface area contributed by atoms with Crippen LogP contribution in [0.5, 0.6) is 5.75 Å². The minimum Gasteiger partial charge on any atom is -0.497 e. The van der Waals surface area contributed by atoms with Gasteiger partial charge in [0.2, 0.25) is 5.76 Å². The van der Waals surface area contributed by atoms with Gasteiger partial charge in [0.05, 0.1) is 24.1 Å². The Hall–Kier alpha value is -2.90. The van der Waals surface area contributed by atoms with E-state index in [4.69, 9.17) is 9.15 Å². The van der Waals surface area contributed by atoms with Crippen molar-refractivity contribution < 1.29 is 13.9 Å². The van der Waals surface area contributed by atoms with Crippen molar-refractivity contribution in [2.45, 2.75) is 12.6 Å². The van der Waals surface area contributed by atoms with Crippen molar-refractivity contribution in [3.63, 3.8) is 0 Å². The fourth-order valence-electron chi connectivity index (χ4n) is 4.07. The number of amides is 1. The molecule has 32 heavy (non-hydrogen) atoms. The number of carbonyl (C=O) groups is 1. The van der Waals surface area contributed by atoms with Crippen LogP contribution in [-0.2, 0) is 6.54 Å². The van der Waals surface area contributed by atoms with Crippen molar-refractivity contribution in [3.05, 3.63) is 108 Å². The monoisotopic (exact) mass is 553 g/mol. The highest BCUT2D eigenvalue weighted by atomic mass is 79.9. The molecule has 1 aliphatic heterocycles. The zero-order chi connectivity index (χ0) is 22.4. The van der Waals surface area contributed by atoms with E-state index in [1.807, 2.05) is 48.5 Å². The summed E-state index contributed by atoms with van der Waals surface area (Å²) in [4.78, 5) is 28.7. The third kappa shape index (κ3) is 3.55. The maximum atomic E-state index is 13.6. The molecule has 4 aromatic rings. The lowest BCUT2D eigenvalue weighted by Crippen LogP contribution is -2.29. The molecule has 2 heterocycles. The summed E-state index contributed by atoms with van der Waals surface area (Å²) in [6, 6.07) is 19.9. The lowest BCUT2D eigenvalue weighted by Gasteiger charge is -2.25. The Kier molecular flexibility index (Phi) is 5.39. The van der Waals surface area contributed by atoms with Gasteiger partial charge < -0.3 is 14.1 Å². The molecule has 1 atom stereocenters. The lowest BCUT2D eigenvalue weighted by molar-refractivity contribution is 0.0714. The van der Waals surface area contributed by atoms with E-state index in [0.29, 0.717) is 23.1 Å². The fraction of sp³-hybridized carbons (Fsp3) is 0.120. The summed E-state index contributed by atoms with van der Waals surface area (Å²) in [5, 5.41) is 0.444. The molecule has 0 bridgehead atoms. The minimum atomic E-state index is -0.549. The van der Waals surface area contributed by atoms with E-state index in [-0.39, 0.29) is 17.1 Å². The molecule has 0 saturated carbocycles. The summed E-state index contributed by atoms with van der Waals surface area (Å²) in [5.74, 6) is 0.542. The Morgan fingerprint density at radius 1 is 0.938 bits per heavy atom. The summed E-state index contributed by atoms with van der Waals surface area (Å²) in [5.41, 5.74) is 2.34. The first-order valence-electron chi connectivity index (χ1n) is 9.92. The van der Waals surface area contributed by atoms with Crippen LogP contribution in [0, 0.1) is 0 Å². The molecule has 3 aromatic carbocycles. The quantitative estimate of drug-likeness (QED) is 0.307. The highest BCUT2D eigenvalue weighted by Gasteiger charge is 2.42. The van der Waals surface area contributed by atoms with E-state index in [2.05, 4.69) is 31.9 Å². The Bertz CT molecular complexity index is 1390. The molecule has 0 fully saturated rings. The summed E-state index contributed by atoms with van der Waals surface area (Å²) >= 11 is 6.88. The summed E-state index contributed by atoms with van der Waals surface area (Å²) < 4.78 is 12.9. The highest BCUT2D eigenvalue weighted by molar-refractivity contribution is 9.10. The Balaban J connectivity index is 1.68. The number of halogens is 2. The van der Waals surface area contributed by atoms with Gasteiger partial charge in [-0.15, -0.1) is 0 Å². The third-order valence-corrected chi connectivity index (χ3v) is 6.65. The average molecular weight is 555 g/mol. The van der Waals surface area contributed by atoms with E-state index >= 15 is 0 Å². The Labute approximate surface area is 200 Å². The standard InChI is InChI=1S/C25H17Br2NO4/c1-31-18-9-2-14(3-10-18)13-28-22(15-4-6-16(26)7-5-15)21-23(29)19-12-17(27)8-11-20(19)32-24(21)25(28)30/h2-12,22H,13H2,1H3. The first-order valence-corrected chi connectivity index (χ1v) is 11.5. The largest absolute Gasteiger partial charge is 0.497 e. The van der Waals surface area contributed by atoms with Gasteiger partial charge in [-0.25, -0.2) is 0 Å². The van der Waals surface area contributed by atoms with Gasteiger partial charge in [-0.05, 0) is 53.6 Å². The van der Waals surface area contributed by atoms with Crippen LogP contribution in [0.2, 0.25) is 0 Å². The predicted molar refractivity (Wildman–Crippen MR) is 129 cm³/mol. The number of carbonyl (C=O) groups excluding carboxylic acids is 1. The summed E-state index contributed by atoms with van der Waals surface area (Å²) in [6.45, 7) is 0.327. The van der Waals surface area contributed by atoms with Gasteiger partial charge in [-0.2, -0.15) is 0 Å². The van der Waals surface area contributed by atoms with Crippen LogP contribution in [0.15, 0.2) is 84.9 Å². The molecule has 1 amide bonds. The molecule has 1 aromatic heterocycles. The zero-order valence-electron chi connectivity index (χ0n) is 17.0. The Morgan fingerprint density at radius 3 is 2.31 bits per heavy atom. The van der Waals surface area contributed by atoms with Crippen LogP contribution >= 0.6 is 31.9 Å². The molecule has 0 spiro atoms. The summed E-state index contributed by atoms with van der Waals surface area (Å²) in [6.07, 6.45) is 0. The van der Waals surface area contributed by atoms with Crippen molar-refractivity contribution in [1.29, 1.82) is 0 Å². The second-order valence-corrected chi connectivity index (χ2v) is 9.38. The molecule has 0 aliphatic carbocycles. The number of hydrogen-bond donors (Lipinski definition) is 0. The van der Waals surface area contributed by atoms with E-state index in [9.17, 15) is 9.59 Å². The van der Waals surface area contributed by atoms with E-state index in [1.165, 1.54) is 0 Å². The van der Waals surface area contributed by atoms with Crippen LogP contribution < -0.4 is 10.2 Å². The van der Waals surface area contributed by atoms with Gasteiger partial charge in [0.25, 0.3) is 5.91 Å². The molecule has 0 saturated heterocycles. The van der Waals surface area contributed by atoms with Crippen molar-refractivity contribution in [1.82, 2.24) is 4.90 Å². The minimum absolute atomic E-state index is 0.103. The highest BCUT2D eigenvalue weighted by Crippen LogP contribution is 2.39. The molecule has 0 N–H and O–H groups in total. The smallest absolute Gasteiger partial charge is 0.291 e. The number of rotatable bonds is 4. The number of hydrogen-bond acceptors (Lipinski definition) is 4. The third-order valence-electron chi connectivity index (χ3n) is 5.63. The van der Waals surface area contributed by atoms with Gasteiger partial charge in [0.1, 0.15) is 11.3 Å². The number of nitrogens with zero attached hydrogens (tertiary/aromatic N) is 1. The molecule has 0 radical (unpaired) electrons. The average Bonchev–Trinajstić information content (AvgIpc) is 3.07. The number of ether oxygens (including phenoxy) is 1. The molecule has 1 aliphatic rings. The van der Waals surface area contributed by atoms with E-state index in [0.717, 1.165) is 25.8 Å². The lowest BCUT2D eigenvalue weighted by atomic mass is 9.98. The van der Waals surface area contributed by atoms with Crippen LogP contribution in [0.4, 0.5) is 0 Å². The molecule has 5 rings (SSSR count). The normalized spacial score (nSPS) is 15.3. The van der Waals surface area contributed by atoms with E-state index < -0.39 is 6.04 Å². The number of fused-ring (bicyclic) bond motifs is 2. The van der Waals surface area contributed by atoms with Crippen molar-refractivity contribution in [2.75, 3.05) is 7.11 Å². The van der Waals surface area contributed by atoms with Crippen molar-refractivity contribution in [2.24, 2.45) is 0 Å². The predicted octanol–water partition coefficient (Wildman–Crippen LogP) is 6.07. The maximum absolute atomic E-state index is 13.6. The van der Waals surface area contributed by atoms with Crippen LogP contribution in [0.3, 0.4) is 0 Å². The first-order chi connectivity index (χ1) is 15.5. The first kappa shape index (κ1) is 21.0. The van der Waals surface area contributed by atoms with Gasteiger partial charge in [-0.1, -0.05) is 56.1 Å². The molecule has 160 valence electrons. The van der Waals surface area contributed by atoms with Crippen LogP contribution in [-0.4, -0.2) is 17.9 Å². The van der Waals surface area contributed by atoms with Crippen LogP contribution in [0.1, 0.15) is 33.3 Å². The Morgan fingerprint density at radius 2 is 1.62 bits per heavy atom. The second kappa shape index (κ2) is 8.22. The number of benzene rings is 3. The molecule has 5 nitrogen and oxygen atoms in total. The van der Waals surface area contributed by atoms with Crippen molar-refractivity contribution in [3.8, 4) is 5.75 Å². The van der Waals surface area contributed by atoms with Crippen molar-refractivity contribution >= 4 is 48.7 Å². The van der Waals surface area contributed by atoms with Gasteiger partial charge in [0.15, 0.2) is 5.43 Å². The maximum Gasteiger partial charge on any atom is 0.291 e. The molecule has 7 heteroatoms. The number of methoxy groups -OCH3 is 1. The van der Waals surface area contributed by atoms with E-state index in [1.54, 1.807) is 30.2 Å².